The van der Waals surface area contributed by atoms with Gasteiger partial charge in [-0.25, -0.2) is 0 Å². The van der Waals surface area contributed by atoms with Gasteiger partial charge in [0.05, 0.1) is 7.11 Å². The zero-order valence-corrected chi connectivity index (χ0v) is 10.8. The van der Waals surface area contributed by atoms with E-state index in [1.807, 2.05) is 12.1 Å². The molecule has 0 aromatic heterocycles. The van der Waals surface area contributed by atoms with Crippen molar-refractivity contribution >= 4 is 5.69 Å². The van der Waals surface area contributed by atoms with Gasteiger partial charge in [-0.05, 0) is 37.4 Å². The molecule has 1 fully saturated rings. The highest BCUT2D eigenvalue weighted by Crippen LogP contribution is 2.30. The summed E-state index contributed by atoms with van der Waals surface area (Å²) in [6.07, 6.45) is 3.89. The zero-order valence-electron chi connectivity index (χ0n) is 10.8. The van der Waals surface area contributed by atoms with Gasteiger partial charge >= 0.3 is 0 Å². The maximum absolute atomic E-state index is 6.06. The minimum absolute atomic E-state index is 0.788. The Bertz CT molecular complexity index is 374. The number of hydrogen-bond acceptors (Lipinski definition) is 3. The van der Waals surface area contributed by atoms with E-state index < -0.39 is 0 Å². The standard InChI is InChI=1S/C14H22N2O/c1-3-8-16(12-5-6-12)10-11-4-7-13(17-2)9-14(11)15/h4,7,9,12H,3,5-6,8,10,15H2,1-2H3. The third-order valence-electron chi connectivity index (χ3n) is 3.30. The summed E-state index contributed by atoms with van der Waals surface area (Å²) in [4.78, 5) is 2.54. The van der Waals surface area contributed by atoms with Crippen LogP contribution in [0.2, 0.25) is 0 Å². The summed E-state index contributed by atoms with van der Waals surface area (Å²) >= 11 is 0. The molecule has 0 heterocycles. The van der Waals surface area contributed by atoms with Crippen molar-refractivity contribution in [1.82, 2.24) is 4.90 Å². The Hall–Kier alpha value is -1.22. The lowest BCUT2D eigenvalue weighted by atomic mass is 10.1. The predicted octanol–water partition coefficient (Wildman–Crippen LogP) is 2.65. The van der Waals surface area contributed by atoms with Crippen molar-refractivity contribution in [3.63, 3.8) is 0 Å². The largest absolute Gasteiger partial charge is 0.497 e. The molecule has 0 atom stereocenters. The summed E-state index contributed by atoms with van der Waals surface area (Å²) in [5.41, 5.74) is 8.11. The first-order chi connectivity index (χ1) is 8.24. The van der Waals surface area contributed by atoms with E-state index in [-0.39, 0.29) is 0 Å². The molecule has 0 aliphatic heterocycles. The summed E-state index contributed by atoms with van der Waals surface area (Å²) in [5.74, 6) is 0.833. The van der Waals surface area contributed by atoms with Gasteiger partial charge in [-0.2, -0.15) is 0 Å². The van der Waals surface area contributed by atoms with Crippen LogP contribution in [0.4, 0.5) is 5.69 Å². The highest BCUT2D eigenvalue weighted by atomic mass is 16.5. The Morgan fingerprint density at radius 3 is 2.71 bits per heavy atom. The molecule has 0 radical (unpaired) electrons. The van der Waals surface area contributed by atoms with Crippen LogP contribution in [0, 0.1) is 0 Å². The Balaban J connectivity index is 2.05. The molecule has 0 amide bonds. The molecule has 1 aliphatic carbocycles. The fraction of sp³-hybridized carbons (Fsp3) is 0.571. The Kier molecular flexibility index (Phi) is 3.89. The van der Waals surface area contributed by atoms with Crippen molar-refractivity contribution in [2.24, 2.45) is 0 Å². The SMILES string of the molecule is CCCN(Cc1ccc(OC)cc1N)C1CC1. The van der Waals surface area contributed by atoms with Gasteiger partial charge in [0.2, 0.25) is 0 Å². The van der Waals surface area contributed by atoms with Gasteiger partial charge in [0, 0.05) is 24.3 Å². The fourth-order valence-electron chi connectivity index (χ4n) is 2.18. The molecule has 0 spiro atoms. The summed E-state index contributed by atoms with van der Waals surface area (Å²) < 4.78 is 5.17. The number of nitrogens with two attached hydrogens (primary N) is 1. The van der Waals surface area contributed by atoms with Crippen LogP contribution in [0.1, 0.15) is 31.7 Å². The number of benzene rings is 1. The van der Waals surface area contributed by atoms with Crippen LogP contribution in [0.5, 0.6) is 5.75 Å². The van der Waals surface area contributed by atoms with Crippen LogP contribution in [0.3, 0.4) is 0 Å². The smallest absolute Gasteiger partial charge is 0.120 e. The average molecular weight is 234 g/mol. The number of nitrogens with zero attached hydrogens (tertiary/aromatic N) is 1. The Morgan fingerprint density at radius 2 is 2.18 bits per heavy atom. The summed E-state index contributed by atoms with van der Waals surface area (Å²) in [5, 5.41) is 0. The van der Waals surface area contributed by atoms with Gasteiger partial charge in [0.15, 0.2) is 0 Å². The predicted molar refractivity (Wildman–Crippen MR) is 71.1 cm³/mol. The maximum atomic E-state index is 6.06. The second kappa shape index (κ2) is 5.41. The van der Waals surface area contributed by atoms with Crippen LogP contribution in [0.15, 0.2) is 18.2 Å². The van der Waals surface area contributed by atoms with Gasteiger partial charge in [-0.1, -0.05) is 13.0 Å². The number of rotatable bonds is 6. The van der Waals surface area contributed by atoms with Crippen LogP contribution >= 0.6 is 0 Å². The molecular formula is C14H22N2O. The molecule has 94 valence electrons. The third kappa shape index (κ3) is 3.13. The van der Waals surface area contributed by atoms with E-state index in [2.05, 4.69) is 17.9 Å². The summed E-state index contributed by atoms with van der Waals surface area (Å²) in [6.45, 7) is 4.36. The van der Waals surface area contributed by atoms with Crippen LogP contribution in [-0.2, 0) is 6.54 Å². The van der Waals surface area contributed by atoms with E-state index in [1.165, 1.54) is 24.8 Å². The topological polar surface area (TPSA) is 38.5 Å². The van der Waals surface area contributed by atoms with Crippen molar-refractivity contribution < 1.29 is 4.74 Å². The molecule has 2 N–H and O–H groups in total. The number of methoxy groups -OCH3 is 1. The number of ether oxygens (including phenoxy) is 1. The van der Waals surface area contributed by atoms with E-state index in [1.54, 1.807) is 7.11 Å². The van der Waals surface area contributed by atoms with E-state index >= 15 is 0 Å². The molecule has 0 unspecified atom stereocenters. The van der Waals surface area contributed by atoms with E-state index in [4.69, 9.17) is 10.5 Å². The molecule has 1 saturated carbocycles. The minimum atomic E-state index is 0.788. The zero-order chi connectivity index (χ0) is 12.3. The molecule has 0 bridgehead atoms. The van der Waals surface area contributed by atoms with Crippen molar-refractivity contribution in [3.05, 3.63) is 23.8 Å². The lowest BCUT2D eigenvalue weighted by molar-refractivity contribution is 0.255. The molecule has 0 saturated heterocycles. The summed E-state index contributed by atoms with van der Waals surface area (Å²) in [6, 6.07) is 6.77. The Labute approximate surface area is 104 Å². The normalized spacial score (nSPS) is 15.2. The molecule has 1 aromatic carbocycles. The highest BCUT2D eigenvalue weighted by molar-refractivity contribution is 5.51. The Morgan fingerprint density at radius 1 is 1.41 bits per heavy atom. The van der Waals surface area contributed by atoms with E-state index in [0.717, 1.165) is 30.6 Å². The molecule has 17 heavy (non-hydrogen) atoms. The van der Waals surface area contributed by atoms with E-state index in [0.29, 0.717) is 0 Å². The molecular weight excluding hydrogens is 212 g/mol. The van der Waals surface area contributed by atoms with Gasteiger partial charge < -0.3 is 10.5 Å². The second-order valence-corrected chi connectivity index (χ2v) is 4.77. The number of anilines is 1. The second-order valence-electron chi connectivity index (χ2n) is 4.77. The molecule has 3 nitrogen and oxygen atoms in total. The fourth-order valence-corrected chi connectivity index (χ4v) is 2.18. The van der Waals surface area contributed by atoms with Crippen LogP contribution < -0.4 is 10.5 Å². The van der Waals surface area contributed by atoms with Crippen LogP contribution in [0.25, 0.3) is 0 Å². The lowest BCUT2D eigenvalue weighted by Crippen LogP contribution is -2.26. The third-order valence-corrected chi connectivity index (χ3v) is 3.30. The van der Waals surface area contributed by atoms with Gasteiger partial charge in [-0.3, -0.25) is 4.90 Å². The quantitative estimate of drug-likeness (QED) is 0.769. The number of hydrogen-bond donors (Lipinski definition) is 1. The maximum Gasteiger partial charge on any atom is 0.120 e. The highest BCUT2D eigenvalue weighted by Gasteiger charge is 2.28. The van der Waals surface area contributed by atoms with Crippen molar-refractivity contribution in [3.8, 4) is 5.75 Å². The average Bonchev–Trinajstić information content (AvgIpc) is 3.14. The first-order valence-corrected chi connectivity index (χ1v) is 6.41. The van der Waals surface area contributed by atoms with Gasteiger partial charge in [0.1, 0.15) is 5.75 Å². The first-order valence-electron chi connectivity index (χ1n) is 6.41. The first kappa shape index (κ1) is 12.2. The van der Waals surface area contributed by atoms with Crippen molar-refractivity contribution in [1.29, 1.82) is 0 Å². The minimum Gasteiger partial charge on any atom is -0.497 e. The van der Waals surface area contributed by atoms with Gasteiger partial charge in [0.25, 0.3) is 0 Å². The molecule has 2 rings (SSSR count). The summed E-state index contributed by atoms with van der Waals surface area (Å²) in [7, 11) is 1.67. The van der Waals surface area contributed by atoms with Crippen LogP contribution in [-0.4, -0.2) is 24.6 Å². The van der Waals surface area contributed by atoms with Crippen molar-refractivity contribution in [2.45, 2.75) is 38.8 Å². The molecule has 1 aromatic rings. The van der Waals surface area contributed by atoms with Gasteiger partial charge in [-0.15, -0.1) is 0 Å². The number of nitrogen functional groups attached to an aromatic ring is 1. The molecule has 3 heteroatoms. The van der Waals surface area contributed by atoms with Crippen molar-refractivity contribution in [2.75, 3.05) is 19.4 Å². The monoisotopic (exact) mass is 234 g/mol. The lowest BCUT2D eigenvalue weighted by Gasteiger charge is -2.22. The molecule has 1 aliphatic rings. The van der Waals surface area contributed by atoms with E-state index in [9.17, 15) is 0 Å².